The SMILES string of the molecule is CCNC(=NCc1cccc(-c2ncn[nH]2)c1)NCC(CC)CC.I. The van der Waals surface area contributed by atoms with Gasteiger partial charge < -0.3 is 10.6 Å². The first-order valence-electron chi connectivity index (χ1n) is 8.73. The van der Waals surface area contributed by atoms with Crippen molar-refractivity contribution in [2.75, 3.05) is 13.1 Å². The summed E-state index contributed by atoms with van der Waals surface area (Å²) in [6.07, 6.45) is 3.88. The van der Waals surface area contributed by atoms with Crippen molar-refractivity contribution in [3.63, 3.8) is 0 Å². The van der Waals surface area contributed by atoms with Crippen LogP contribution < -0.4 is 10.6 Å². The number of H-pyrrole nitrogens is 1. The van der Waals surface area contributed by atoms with E-state index < -0.39 is 0 Å². The average Bonchev–Trinajstić information content (AvgIpc) is 3.15. The third kappa shape index (κ3) is 7.01. The first kappa shape index (κ1) is 21.4. The van der Waals surface area contributed by atoms with Gasteiger partial charge in [-0.1, -0.05) is 44.9 Å². The zero-order valence-electron chi connectivity index (χ0n) is 15.2. The molecule has 7 heteroatoms. The van der Waals surface area contributed by atoms with Gasteiger partial charge in [0.05, 0.1) is 6.54 Å². The van der Waals surface area contributed by atoms with Gasteiger partial charge in [-0.15, -0.1) is 24.0 Å². The standard InChI is InChI=1S/C18H28N6.HI/c1-4-14(5-2)11-20-18(19-6-3)21-12-15-8-7-9-16(10-15)17-22-13-23-24-17;/h7-10,13-14H,4-6,11-12H2,1-3H3,(H2,19,20,21)(H,22,23,24);1H. The van der Waals surface area contributed by atoms with Crippen LogP contribution in [0, 0.1) is 5.92 Å². The second kappa shape index (κ2) is 11.8. The van der Waals surface area contributed by atoms with Gasteiger partial charge in [-0.3, -0.25) is 5.10 Å². The Morgan fingerprint density at radius 1 is 1.20 bits per heavy atom. The number of aromatic nitrogens is 3. The predicted molar refractivity (Wildman–Crippen MR) is 114 cm³/mol. The summed E-state index contributed by atoms with van der Waals surface area (Å²) >= 11 is 0. The summed E-state index contributed by atoms with van der Waals surface area (Å²) in [5, 5.41) is 13.5. The molecule has 1 heterocycles. The fourth-order valence-electron chi connectivity index (χ4n) is 2.49. The number of nitrogens with one attached hydrogen (secondary N) is 3. The van der Waals surface area contributed by atoms with Crippen molar-refractivity contribution >= 4 is 29.9 Å². The Hall–Kier alpha value is -1.64. The maximum atomic E-state index is 4.69. The fourth-order valence-corrected chi connectivity index (χ4v) is 2.49. The van der Waals surface area contributed by atoms with Gasteiger partial charge in [0.15, 0.2) is 11.8 Å². The summed E-state index contributed by atoms with van der Waals surface area (Å²) in [6.45, 7) is 8.98. The van der Waals surface area contributed by atoms with Crippen LogP contribution in [0.15, 0.2) is 35.6 Å². The molecular formula is C18H29IN6. The minimum atomic E-state index is 0. The lowest BCUT2D eigenvalue weighted by molar-refractivity contribution is 0.481. The van der Waals surface area contributed by atoms with E-state index in [2.05, 4.69) is 58.7 Å². The Kier molecular flexibility index (Phi) is 10.1. The molecule has 0 saturated heterocycles. The van der Waals surface area contributed by atoms with E-state index in [-0.39, 0.29) is 24.0 Å². The summed E-state index contributed by atoms with van der Waals surface area (Å²) in [4.78, 5) is 8.89. The van der Waals surface area contributed by atoms with E-state index in [1.807, 2.05) is 12.1 Å². The number of aromatic amines is 1. The minimum Gasteiger partial charge on any atom is -0.357 e. The normalized spacial score (nSPS) is 11.3. The Labute approximate surface area is 167 Å². The Bertz CT molecular complexity index is 622. The smallest absolute Gasteiger partial charge is 0.191 e. The molecule has 0 bridgehead atoms. The Balaban J connectivity index is 0.00000312. The zero-order valence-corrected chi connectivity index (χ0v) is 17.6. The molecule has 2 aromatic rings. The first-order valence-corrected chi connectivity index (χ1v) is 8.73. The van der Waals surface area contributed by atoms with E-state index >= 15 is 0 Å². The molecule has 0 atom stereocenters. The lowest BCUT2D eigenvalue weighted by Gasteiger charge is -2.16. The van der Waals surface area contributed by atoms with E-state index in [9.17, 15) is 0 Å². The Morgan fingerprint density at radius 2 is 2.00 bits per heavy atom. The first-order chi connectivity index (χ1) is 11.8. The number of aliphatic imine (C=N–C) groups is 1. The second-order valence-electron chi connectivity index (χ2n) is 5.79. The molecule has 25 heavy (non-hydrogen) atoms. The highest BCUT2D eigenvalue weighted by atomic mass is 127. The van der Waals surface area contributed by atoms with Crippen molar-refractivity contribution in [3.05, 3.63) is 36.2 Å². The molecule has 0 unspecified atom stereocenters. The number of hydrogen-bond donors (Lipinski definition) is 3. The van der Waals surface area contributed by atoms with Crippen LogP contribution in [0.2, 0.25) is 0 Å². The van der Waals surface area contributed by atoms with Crippen LogP contribution in [0.4, 0.5) is 0 Å². The quantitative estimate of drug-likeness (QED) is 0.323. The van der Waals surface area contributed by atoms with Gasteiger partial charge in [0.1, 0.15) is 6.33 Å². The lowest BCUT2D eigenvalue weighted by Crippen LogP contribution is -2.39. The number of halogens is 1. The van der Waals surface area contributed by atoms with Crippen LogP contribution in [0.3, 0.4) is 0 Å². The van der Waals surface area contributed by atoms with Gasteiger partial charge in [0, 0.05) is 18.7 Å². The van der Waals surface area contributed by atoms with Gasteiger partial charge in [-0.05, 0) is 24.5 Å². The number of rotatable bonds is 8. The highest BCUT2D eigenvalue weighted by molar-refractivity contribution is 14.0. The van der Waals surface area contributed by atoms with E-state index in [0.29, 0.717) is 12.5 Å². The van der Waals surface area contributed by atoms with Crippen molar-refractivity contribution in [2.45, 2.75) is 40.2 Å². The number of nitrogens with zero attached hydrogens (tertiary/aromatic N) is 3. The van der Waals surface area contributed by atoms with Crippen LogP contribution in [-0.4, -0.2) is 34.2 Å². The third-order valence-electron chi connectivity index (χ3n) is 4.09. The zero-order chi connectivity index (χ0) is 17.2. The van der Waals surface area contributed by atoms with Crippen molar-refractivity contribution in [1.82, 2.24) is 25.8 Å². The van der Waals surface area contributed by atoms with Gasteiger partial charge in [-0.2, -0.15) is 5.10 Å². The van der Waals surface area contributed by atoms with Gasteiger partial charge in [0.2, 0.25) is 0 Å². The molecule has 0 amide bonds. The van der Waals surface area contributed by atoms with Gasteiger partial charge in [0.25, 0.3) is 0 Å². The monoisotopic (exact) mass is 456 g/mol. The molecule has 6 nitrogen and oxygen atoms in total. The fraction of sp³-hybridized carbons (Fsp3) is 0.500. The van der Waals surface area contributed by atoms with E-state index in [4.69, 9.17) is 4.99 Å². The summed E-state index contributed by atoms with van der Waals surface area (Å²) < 4.78 is 0. The van der Waals surface area contributed by atoms with Gasteiger partial charge >= 0.3 is 0 Å². The minimum absolute atomic E-state index is 0. The van der Waals surface area contributed by atoms with E-state index in [0.717, 1.165) is 36.0 Å². The van der Waals surface area contributed by atoms with Crippen LogP contribution in [-0.2, 0) is 6.54 Å². The van der Waals surface area contributed by atoms with Crippen molar-refractivity contribution in [2.24, 2.45) is 10.9 Å². The van der Waals surface area contributed by atoms with Crippen molar-refractivity contribution in [1.29, 1.82) is 0 Å². The molecule has 0 aliphatic rings. The molecule has 1 aromatic heterocycles. The number of guanidine groups is 1. The average molecular weight is 456 g/mol. The highest BCUT2D eigenvalue weighted by Crippen LogP contribution is 2.15. The summed E-state index contributed by atoms with van der Waals surface area (Å²) in [7, 11) is 0. The molecular weight excluding hydrogens is 427 g/mol. The van der Waals surface area contributed by atoms with Crippen LogP contribution in [0.1, 0.15) is 39.2 Å². The molecule has 0 aliphatic carbocycles. The van der Waals surface area contributed by atoms with E-state index in [1.165, 1.54) is 19.2 Å². The molecule has 0 aliphatic heterocycles. The van der Waals surface area contributed by atoms with E-state index in [1.54, 1.807) is 0 Å². The summed E-state index contributed by atoms with van der Waals surface area (Å²) in [5.74, 6) is 2.33. The highest BCUT2D eigenvalue weighted by Gasteiger charge is 2.05. The lowest BCUT2D eigenvalue weighted by atomic mass is 10.0. The predicted octanol–water partition coefficient (Wildman–Crippen LogP) is 3.58. The second-order valence-corrected chi connectivity index (χ2v) is 5.79. The molecule has 3 N–H and O–H groups in total. The third-order valence-corrected chi connectivity index (χ3v) is 4.09. The van der Waals surface area contributed by atoms with Crippen LogP contribution in [0.5, 0.6) is 0 Å². The van der Waals surface area contributed by atoms with Crippen LogP contribution >= 0.6 is 24.0 Å². The Morgan fingerprint density at radius 3 is 2.64 bits per heavy atom. The van der Waals surface area contributed by atoms with Crippen LogP contribution in [0.25, 0.3) is 11.4 Å². The van der Waals surface area contributed by atoms with Crippen molar-refractivity contribution < 1.29 is 0 Å². The molecule has 0 radical (unpaired) electrons. The van der Waals surface area contributed by atoms with Gasteiger partial charge in [-0.25, -0.2) is 9.98 Å². The van der Waals surface area contributed by atoms with Crippen molar-refractivity contribution in [3.8, 4) is 11.4 Å². The molecule has 0 saturated carbocycles. The number of benzene rings is 1. The molecule has 138 valence electrons. The largest absolute Gasteiger partial charge is 0.357 e. The maximum Gasteiger partial charge on any atom is 0.191 e. The molecule has 1 aromatic carbocycles. The molecule has 0 fully saturated rings. The number of hydrogen-bond acceptors (Lipinski definition) is 3. The maximum absolute atomic E-state index is 4.69. The topological polar surface area (TPSA) is 78.0 Å². The molecule has 2 rings (SSSR count). The molecule has 0 spiro atoms. The summed E-state index contributed by atoms with van der Waals surface area (Å²) in [6, 6.07) is 8.21. The summed E-state index contributed by atoms with van der Waals surface area (Å²) in [5.41, 5.74) is 2.17.